The van der Waals surface area contributed by atoms with Crippen LogP contribution in [0.2, 0.25) is 0 Å². The van der Waals surface area contributed by atoms with Gasteiger partial charge in [0.2, 0.25) is 5.91 Å². The molecule has 0 aliphatic heterocycles. The molecule has 2 N–H and O–H groups in total. The summed E-state index contributed by atoms with van der Waals surface area (Å²) in [6, 6.07) is 0. The van der Waals surface area contributed by atoms with Gasteiger partial charge in [0.25, 0.3) is 0 Å². The molecule has 1 amide bonds. The number of hydrogen-bond donors (Lipinski definition) is 2. The molecule has 11 heavy (non-hydrogen) atoms. The van der Waals surface area contributed by atoms with Crippen molar-refractivity contribution in [2.45, 2.75) is 32.8 Å². The van der Waals surface area contributed by atoms with Crippen molar-refractivity contribution >= 4 is 5.91 Å². The van der Waals surface area contributed by atoms with E-state index in [0.29, 0.717) is 12.8 Å². The highest BCUT2D eigenvalue weighted by atomic mass is 16.3. The number of nitrogens with one attached hydrogen (secondary N) is 1. The Kier molecular flexibility index (Phi) is 4.86. The summed E-state index contributed by atoms with van der Waals surface area (Å²) in [5, 5.41) is 11.7. The van der Waals surface area contributed by atoms with Crippen LogP contribution >= 0.6 is 0 Å². The van der Waals surface area contributed by atoms with Crippen molar-refractivity contribution in [3.63, 3.8) is 0 Å². The third-order valence-corrected chi connectivity index (χ3v) is 1.79. The Morgan fingerprint density at radius 1 is 1.64 bits per heavy atom. The lowest BCUT2D eigenvalue weighted by Crippen LogP contribution is -2.28. The van der Waals surface area contributed by atoms with Gasteiger partial charge in [-0.1, -0.05) is 13.8 Å². The van der Waals surface area contributed by atoms with Gasteiger partial charge in [0.05, 0.1) is 6.10 Å². The molecule has 2 unspecified atom stereocenters. The van der Waals surface area contributed by atoms with Crippen molar-refractivity contribution in [1.29, 1.82) is 0 Å². The molecule has 0 saturated heterocycles. The molecule has 66 valence electrons. The maximum Gasteiger partial charge on any atom is 0.222 e. The van der Waals surface area contributed by atoms with Gasteiger partial charge in [-0.3, -0.25) is 4.79 Å². The third-order valence-electron chi connectivity index (χ3n) is 1.79. The van der Waals surface area contributed by atoms with Crippen molar-refractivity contribution in [2.75, 3.05) is 7.05 Å². The van der Waals surface area contributed by atoms with E-state index in [4.69, 9.17) is 0 Å². The number of carbonyl (C=O) groups is 1. The zero-order valence-corrected chi connectivity index (χ0v) is 7.42. The summed E-state index contributed by atoms with van der Waals surface area (Å²) >= 11 is 0. The molecule has 0 aliphatic rings. The first kappa shape index (κ1) is 10.4. The van der Waals surface area contributed by atoms with Crippen LogP contribution in [0.25, 0.3) is 0 Å². The lowest BCUT2D eigenvalue weighted by Gasteiger charge is -2.12. The Labute approximate surface area is 67.8 Å². The predicted octanol–water partition coefficient (Wildman–Crippen LogP) is 0.529. The van der Waals surface area contributed by atoms with Gasteiger partial charge in [0.15, 0.2) is 0 Å². The molecule has 0 aliphatic carbocycles. The molecule has 0 saturated carbocycles. The topological polar surface area (TPSA) is 49.3 Å². The minimum atomic E-state index is -0.345. The lowest BCUT2D eigenvalue weighted by molar-refractivity contribution is -0.124. The van der Waals surface area contributed by atoms with Crippen LogP contribution in [0.5, 0.6) is 0 Å². The molecule has 0 fully saturated rings. The second kappa shape index (κ2) is 5.13. The van der Waals surface area contributed by atoms with Gasteiger partial charge in [-0.2, -0.15) is 0 Å². The summed E-state index contributed by atoms with van der Waals surface area (Å²) < 4.78 is 0. The molecule has 0 aromatic carbocycles. The van der Waals surface area contributed by atoms with Crippen molar-refractivity contribution < 1.29 is 9.90 Å². The van der Waals surface area contributed by atoms with Gasteiger partial charge in [-0.15, -0.1) is 0 Å². The van der Waals surface area contributed by atoms with Crippen LogP contribution in [0.15, 0.2) is 0 Å². The molecular formula is C8H17NO2. The number of aliphatic hydroxyl groups excluding tert-OH is 1. The molecule has 0 rings (SSSR count). The smallest absolute Gasteiger partial charge is 0.222 e. The van der Waals surface area contributed by atoms with Crippen LogP contribution in [-0.2, 0) is 4.79 Å². The highest BCUT2D eigenvalue weighted by molar-refractivity contribution is 5.77. The summed E-state index contributed by atoms with van der Waals surface area (Å²) in [5.41, 5.74) is 0. The quantitative estimate of drug-likeness (QED) is 0.628. The molecule has 0 spiro atoms. The minimum Gasteiger partial charge on any atom is -0.393 e. The summed E-state index contributed by atoms with van der Waals surface area (Å²) in [5.74, 6) is -0.0903. The van der Waals surface area contributed by atoms with Gasteiger partial charge >= 0.3 is 0 Å². The Bertz CT molecular complexity index is 125. The number of aliphatic hydroxyl groups is 1. The third kappa shape index (κ3) is 3.98. The standard InChI is InChI=1S/C8H17NO2/c1-4-7(10)5-6(2)8(11)9-3/h6-7,10H,4-5H2,1-3H3,(H,9,11). The summed E-state index contributed by atoms with van der Waals surface area (Å²) in [4.78, 5) is 10.9. The van der Waals surface area contributed by atoms with Crippen LogP contribution in [0.1, 0.15) is 26.7 Å². The molecule has 0 bridgehead atoms. The maximum absolute atomic E-state index is 10.9. The maximum atomic E-state index is 10.9. The van der Waals surface area contributed by atoms with Gasteiger partial charge in [-0.05, 0) is 12.8 Å². The zero-order valence-electron chi connectivity index (χ0n) is 7.42. The highest BCUT2D eigenvalue weighted by Gasteiger charge is 2.14. The van der Waals surface area contributed by atoms with E-state index in [-0.39, 0.29) is 17.9 Å². The average molecular weight is 159 g/mol. The second-order valence-corrected chi connectivity index (χ2v) is 2.81. The Hall–Kier alpha value is -0.570. The number of hydrogen-bond acceptors (Lipinski definition) is 2. The monoisotopic (exact) mass is 159 g/mol. The second-order valence-electron chi connectivity index (χ2n) is 2.81. The normalized spacial score (nSPS) is 15.6. The first-order chi connectivity index (χ1) is 5.11. The van der Waals surface area contributed by atoms with E-state index in [1.54, 1.807) is 7.05 Å². The van der Waals surface area contributed by atoms with Crippen LogP contribution in [0.4, 0.5) is 0 Å². The lowest BCUT2D eigenvalue weighted by atomic mass is 10.0. The zero-order chi connectivity index (χ0) is 8.85. The van der Waals surface area contributed by atoms with Crippen LogP contribution in [0.3, 0.4) is 0 Å². The molecule has 0 aromatic rings. The molecule has 0 aromatic heterocycles. The highest BCUT2D eigenvalue weighted by Crippen LogP contribution is 2.07. The van der Waals surface area contributed by atoms with E-state index in [1.165, 1.54) is 0 Å². The Morgan fingerprint density at radius 3 is 2.55 bits per heavy atom. The summed E-state index contributed by atoms with van der Waals surface area (Å²) in [6.45, 7) is 3.72. The van der Waals surface area contributed by atoms with Crippen molar-refractivity contribution in [2.24, 2.45) is 5.92 Å². The van der Waals surface area contributed by atoms with Gasteiger partial charge < -0.3 is 10.4 Å². The first-order valence-electron chi connectivity index (χ1n) is 4.01. The molecule has 2 atom stereocenters. The van der Waals surface area contributed by atoms with Gasteiger partial charge in [-0.25, -0.2) is 0 Å². The summed E-state index contributed by atoms with van der Waals surface area (Å²) in [7, 11) is 1.61. The van der Waals surface area contributed by atoms with E-state index >= 15 is 0 Å². The van der Waals surface area contributed by atoms with Crippen LogP contribution < -0.4 is 5.32 Å². The van der Waals surface area contributed by atoms with Crippen molar-refractivity contribution in [3.05, 3.63) is 0 Å². The summed E-state index contributed by atoms with van der Waals surface area (Å²) in [6.07, 6.45) is 0.916. The molecule has 0 radical (unpaired) electrons. The molecule has 3 heteroatoms. The van der Waals surface area contributed by atoms with Crippen LogP contribution in [0, 0.1) is 5.92 Å². The number of amides is 1. The fourth-order valence-corrected chi connectivity index (χ4v) is 0.928. The van der Waals surface area contributed by atoms with Crippen molar-refractivity contribution in [1.82, 2.24) is 5.32 Å². The first-order valence-corrected chi connectivity index (χ1v) is 4.01. The van der Waals surface area contributed by atoms with E-state index in [2.05, 4.69) is 5.32 Å². The van der Waals surface area contributed by atoms with Gasteiger partial charge in [0.1, 0.15) is 0 Å². The average Bonchev–Trinajstić information content (AvgIpc) is 2.02. The van der Waals surface area contributed by atoms with E-state index in [9.17, 15) is 9.90 Å². The number of rotatable bonds is 4. The van der Waals surface area contributed by atoms with Crippen molar-refractivity contribution in [3.8, 4) is 0 Å². The molecule has 3 nitrogen and oxygen atoms in total. The minimum absolute atomic E-state index is 0.00231. The Balaban J connectivity index is 3.67. The van der Waals surface area contributed by atoms with E-state index in [1.807, 2.05) is 13.8 Å². The Morgan fingerprint density at radius 2 is 2.18 bits per heavy atom. The van der Waals surface area contributed by atoms with E-state index in [0.717, 1.165) is 0 Å². The van der Waals surface area contributed by atoms with Gasteiger partial charge in [0, 0.05) is 13.0 Å². The molecule has 0 heterocycles. The fraction of sp³-hybridized carbons (Fsp3) is 0.875. The van der Waals surface area contributed by atoms with Crippen LogP contribution in [-0.4, -0.2) is 24.2 Å². The number of carbonyl (C=O) groups excluding carboxylic acids is 1. The SMILES string of the molecule is CCC(O)CC(C)C(=O)NC. The van der Waals surface area contributed by atoms with E-state index < -0.39 is 0 Å². The predicted molar refractivity (Wildman–Crippen MR) is 44.1 cm³/mol. The largest absolute Gasteiger partial charge is 0.393 e. The molecular weight excluding hydrogens is 142 g/mol. The fourth-order valence-electron chi connectivity index (χ4n) is 0.928.